The average Bonchev–Trinajstić information content (AvgIpc) is 3.25. The topological polar surface area (TPSA) is 99.0 Å². The minimum Gasteiger partial charge on any atom is -0.438 e. The van der Waals surface area contributed by atoms with Gasteiger partial charge in [0, 0.05) is 29.2 Å². The van der Waals surface area contributed by atoms with Gasteiger partial charge in [0.2, 0.25) is 5.88 Å². The number of aromatic nitrogens is 4. The molecule has 4 aromatic rings. The van der Waals surface area contributed by atoms with Gasteiger partial charge in [0.25, 0.3) is 10.0 Å². The van der Waals surface area contributed by atoms with Crippen LogP contribution in [0.3, 0.4) is 0 Å². The van der Waals surface area contributed by atoms with Crippen molar-refractivity contribution in [3.63, 3.8) is 0 Å². The van der Waals surface area contributed by atoms with Gasteiger partial charge in [0.1, 0.15) is 12.1 Å². The van der Waals surface area contributed by atoms with Crippen molar-refractivity contribution in [2.75, 3.05) is 4.72 Å². The van der Waals surface area contributed by atoms with Gasteiger partial charge >= 0.3 is 0 Å². The maximum Gasteiger partial charge on any atom is 0.261 e. The van der Waals surface area contributed by atoms with Gasteiger partial charge in [-0.15, -0.1) is 10.2 Å². The fourth-order valence-electron chi connectivity index (χ4n) is 2.44. The second-order valence-electron chi connectivity index (χ2n) is 5.89. The number of rotatable bonds is 6. The van der Waals surface area contributed by atoms with Crippen LogP contribution in [0.4, 0.5) is 5.69 Å². The molecular weight excluding hydrogens is 414 g/mol. The number of nitrogens with one attached hydrogen (secondary N) is 1. The summed E-state index contributed by atoms with van der Waals surface area (Å²) in [7, 11) is -3.71. The largest absolute Gasteiger partial charge is 0.438 e. The Hall–Kier alpha value is -3.43. The van der Waals surface area contributed by atoms with Crippen molar-refractivity contribution in [1.29, 1.82) is 0 Å². The first-order chi connectivity index (χ1) is 14.0. The van der Waals surface area contributed by atoms with Crippen LogP contribution in [-0.2, 0) is 10.0 Å². The van der Waals surface area contributed by atoms with E-state index in [0.29, 0.717) is 28.2 Å². The first-order valence-electron chi connectivity index (χ1n) is 8.38. The molecule has 1 N–H and O–H groups in total. The number of ether oxygens (including phenoxy) is 1. The molecule has 10 heteroatoms. The van der Waals surface area contributed by atoms with Gasteiger partial charge in [-0.3, -0.25) is 9.29 Å². The van der Waals surface area contributed by atoms with Gasteiger partial charge in [-0.25, -0.2) is 13.4 Å². The number of imidazole rings is 1. The van der Waals surface area contributed by atoms with Crippen molar-refractivity contribution >= 4 is 27.3 Å². The lowest BCUT2D eigenvalue weighted by molar-refractivity contribution is 0.454. The monoisotopic (exact) mass is 427 g/mol. The number of sulfonamides is 1. The molecule has 0 aliphatic heterocycles. The van der Waals surface area contributed by atoms with E-state index in [2.05, 4.69) is 19.9 Å². The molecule has 0 radical (unpaired) electrons. The Morgan fingerprint density at radius 1 is 0.931 bits per heavy atom. The third-order valence-electron chi connectivity index (χ3n) is 3.85. The Balaban J connectivity index is 1.43. The van der Waals surface area contributed by atoms with Crippen LogP contribution >= 0.6 is 11.6 Å². The highest BCUT2D eigenvalue weighted by molar-refractivity contribution is 7.92. The number of anilines is 1. The van der Waals surface area contributed by atoms with E-state index in [0.717, 1.165) is 0 Å². The van der Waals surface area contributed by atoms with Crippen LogP contribution in [0.2, 0.25) is 5.02 Å². The summed E-state index contributed by atoms with van der Waals surface area (Å²) in [5, 5.41) is 8.55. The molecule has 0 spiro atoms. The molecule has 0 saturated heterocycles. The quantitative estimate of drug-likeness (QED) is 0.501. The summed E-state index contributed by atoms with van der Waals surface area (Å²) in [5.74, 6) is 1.41. The van der Waals surface area contributed by atoms with Gasteiger partial charge in [0.05, 0.1) is 4.90 Å². The number of halogens is 1. The van der Waals surface area contributed by atoms with Gasteiger partial charge in [-0.1, -0.05) is 11.6 Å². The van der Waals surface area contributed by atoms with Crippen molar-refractivity contribution in [2.45, 2.75) is 4.90 Å². The highest BCUT2D eigenvalue weighted by atomic mass is 35.5. The summed E-state index contributed by atoms with van der Waals surface area (Å²) < 4.78 is 34.7. The van der Waals surface area contributed by atoms with Crippen LogP contribution in [0.15, 0.2) is 84.3 Å². The predicted octanol–water partition coefficient (Wildman–Crippen LogP) is 3.91. The molecule has 2 aromatic heterocycles. The zero-order valence-corrected chi connectivity index (χ0v) is 16.4. The number of hydrogen-bond acceptors (Lipinski definition) is 6. The smallest absolute Gasteiger partial charge is 0.261 e. The Morgan fingerprint density at radius 2 is 1.69 bits per heavy atom. The molecule has 0 aliphatic carbocycles. The summed E-state index contributed by atoms with van der Waals surface area (Å²) in [6.07, 6.45) is 5.03. The lowest BCUT2D eigenvalue weighted by atomic mass is 10.3. The molecule has 0 fully saturated rings. The van der Waals surface area contributed by atoms with E-state index in [-0.39, 0.29) is 4.90 Å². The minimum absolute atomic E-state index is 0.121. The fraction of sp³-hybridized carbons (Fsp3) is 0. The molecule has 29 heavy (non-hydrogen) atoms. The van der Waals surface area contributed by atoms with Crippen molar-refractivity contribution in [1.82, 2.24) is 19.7 Å². The Labute approximate surface area is 171 Å². The third-order valence-corrected chi connectivity index (χ3v) is 5.50. The van der Waals surface area contributed by atoms with E-state index in [1.54, 1.807) is 59.7 Å². The Bertz CT molecular complexity index is 1190. The number of benzene rings is 2. The van der Waals surface area contributed by atoms with E-state index in [9.17, 15) is 8.42 Å². The summed E-state index contributed by atoms with van der Waals surface area (Å²) >= 11 is 5.80. The molecule has 0 atom stereocenters. The first-order valence-corrected chi connectivity index (χ1v) is 10.2. The van der Waals surface area contributed by atoms with E-state index < -0.39 is 10.0 Å². The van der Waals surface area contributed by atoms with Gasteiger partial charge in [-0.2, -0.15) is 0 Å². The number of hydrogen-bond donors (Lipinski definition) is 1. The highest BCUT2D eigenvalue weighted by Gasteiger charge is 2.14. The van der Waals surface area contributed by atoms with Gasteiger partial charge < -0.3 is 4.74 Å². The first kappa shape index (κ1) is 18.9. The fourth-order valence-corrected chi connectivity index (χ4v) is 3.62. The van der Waals surface area contributed by atoms with E-state index in [4.69, 9.17) is 16.3 Å². The standard InChI is InChI=1S/C19H14ClN5O3S/c20-14-1-7-17(8-2-14)29(26,27)24-15-3-5-16(6-4-15)28-19-10-9-18(22-23-19)25-12-11-21-13-25/h1-13,24H. The lowest BCUT2D eigenvalue weighted by Crippen LogP contribution is -2.12. The maximum absolute atomic E-state index is 12.4. The van der Waals surface area contributed by atoms with Crippen LogP contribution < -0.4 is 9.46 Å². The zero-order chi connectivity index (χ0) is 20.3. The molecule has 4 rings (SSSR count). The number of nitrogens with zero attached hydrogens (tertiary/aromatic N) is 4. The van der Waals surface area contributed by atoms with Crippen LogP contribution in [0.1, 0.15) is 0 Å². The van der Waals surface area contributed by atoms with Crippen molar-refractivity contribution in [2.24, 2.45) is 0 Å². The Morgan fingerprint density at radius 3 is 2.31 bits per heavy atom. The third kappa shape index (κ3) is 4.53. The molecular formula is C19H14ClN5O3S. The van der Waals surface area contributed by atoms with Crippen molar-refractivity contribution < 1.29 is 13.2 Å². The summed E-state index contributed by atoms with van der Waals surface area (Å²) in [5.41, 5.74) is 0.397. The molecule has 146 valence electrons. The van der Waals surface area contributed by atoms with E-state index in [1.807, 2.05) is 0 Å². The molecule has 0 aliphatic rings. The molecule has 0 unspecified atom stereocenters. The molecule has 0 saturated carbocycles. The second-order valence-corrected chi connectivity index (χ2v) is 8.00. The summed E-state index contributed by atoms with van der Waals surface area (Å²) in [4.78, 5) is 4.08. The van der Waals surface area contributed by atoms with Gasteiger partial charge in [0.15, 0.2) is 5.82 Å². The molecule has 0 amide bonds. The van der Waals surface area contributed by atoms with Crippen LogP contribution in [0.5, 0.6) is 11.6 Å². The van der Waals surface area contributed by atoms with Crippen LogP contribution in [0.25, 0.3) is 5.82 Å². The lowest BCUT2D eigenvalue weighted by Gasteiger charge is -2.09. The predicted molar refractivity (Wildman–Crippen MR) is 108 cm³/mol. The Kier molecular flexibility index (Phi) is 5.15. The summed E-state index contributed by atoms with van der Waals surface area (Å²) in [6.45, 7) is 0. The average molecular weight is 428 g/mol. The van der Waals surface area contributed by atoms with E-state index in [1.165, 1.54) is 24.3 Å². The normalized spacial score (nSPS) is 11.2. The van der Waals surface area contributed by atoms with Crippen molar-refractivity contribution in [3.8, 4) is 17.4 Å². The minimum atomic E-state index is -3.71. The SMILES string of the molecule is O=S(=O)(Nc1ccc(Oc2ccc(-n3ccnc3)nn2)cc1)c1ccc(Cl)cc1. The summed E-state index contributed by atoms with van der Waals surface area (Å²) in [6, 6.07) is 15.8. The van der Waals surface area contributed by atoms with Crippen molar-refractivity contribution in [3.05, 3.63) is 84.4 Å². The van der Waals surface area contributed by atoms with Crippen LogP contribution in [-0.4, -0.2) is 28.2 Å². The molecule has 0 bridgehead atoms. The maximum atomic E-state index is 12.4. The van der Waals surface area contributed by atoms with Gasteiger partial charge in [-0.05, 0) is 54.6 Å². The van der Waals surface area contributed by atoms with E-state index >= 15 is 0 Å². The molecule has 2 aromatic carbocycles. The molecule has 2 heterocycles. The highest BCUT2D eigenvalue weighted by Crippen LogP contribution is 2.23. The van der Waals surface area contributed by atoms with Crippen LogP contribution in [0, 0.1) is 0 Å². The molecule has 8 nitrogen and oxygen atoms in total. The zero-order valence-electron chi connectivity index (χ0n) is 14.8. The second kappa shape index (κ2) is 7.90.